The third-order valence-electron chi connectivity index (χ3n) is 4.36. The topological polar surface area (TPSA) is 76.0 Å². The minimum absolute atomic E-state index is 0.0430. The maximum absolute atomic E-state index is 11.8. The molecule has 26 heavy (non-hydrogen) atoms. The van der Waals surface area contributed by atoms with E-state index in [2.05, 4.69) is 45.8 Å². The third kappa shape index (κ3) is 9.10. The molecule has 0 amide bonds. The fourth-order valence-corrected chi connectivity index (χ4v) is 16.1. The molecule has 1 saturated carbocycles. The van der Waals surface area contributed by atoms with Crippen molar-refractivity contribution in [3.8, 4) is 0 Å². The van der Waals surface area contributed by atoms with E-state index in [1.165, 1.54) is 0 Å². The monoisotopic (exact) mass is 418 g/mol. The fraction of sp³-hybridized carbons (Fsp3) is 0.833. The van der Waals surface area contributed by atoms with Gasteiger partial charge in [0.25, 0.3) is 0 Å². The van der Waals surface area contributed by atoms with Gasteiger partial charge in [-0.1, -0.05) is 18.9 Å². The Hall–Kier alpha value is -0.259. The number of carbonyl (C=O) groups is 1. The zero-order valence-corrected chi connectivity index (χ0v) is 20.6. The van der Waals surface area contributed by atoms with Gasteiger partial charge in [0.05, 0.1) is 6.10 Å². The first kappa shape index (κ1) is 23.8. The SMILES string of the molecule is C[Si](C)(C)O[Si](C)(CCC(=CC1CCCCC1O)C(=O)O)O[Si](C)(C)C. The predicted molar refractivity (Wildman–Crippen MR) is 114 cm³/mol. The summed E-state index contributed by atoms with van der Waals surface area (Å²) in [7, 11) is -6.04. The Morgan fingerprint density at radius 2 is 1.50 bits per heavy atom. The maximum atomic E-state index is 11.8. The average Bonchev–Trinajstić information content (AvgIpc) is 2.40. The van der Waals surface area contributed by atoms with Crippen LogP contribution >= 0.6 is 0 Å². The number of aliphatic hydroxyl groups is 1. The van der Waals surface area contributed by atoms with Crippen LogP contribution in [0.4, 0.5) is 0 Å². The van der Waals surface area contributed by atoms with Crippen LogP contribution in [0.25, 0.3) is 0 Å². The van der Waals surface area contributed by atoms with Gasteiger partial charge in [-0.2, -0.15) is 0 Å². The molecule has 0 aromatic rings. The van der Waals surface area contributed by atoms with E-state index in [1.54, 1.807) is 6.08 Å². The number of aliphatic carboxylic acids is 1. The standard InChI is InChI=1S/C18H38O5Si3/c1-24(2,3)22-26(7,23-25(4,5)6)13-12-16(18(20)21)14-15-10-8-9-11-17(15)19/h14-15,17,19H,8-13H2,1-7H3,(H,20,21). The molecule has 0 aromatic carbocycles. The predicted octanol–water partition coefficient (Wildman–Crippen LogP) is 4.71. The van der Waals surface area contributed by atoms with E-state index in [-0.39, 0.29) is 5.92 Å². The van der Waals surface area contributed by atoms with Crippen LogP contribution in [0.1, 0.15) is 32.1 Å². The lowest BCUT2D eigenvalue weighted by atomic mass is 9.85. The Bertz CT molecular complexity index is 492. The molecule has 2 N–H and O–H groups in total. The van der Waals surface area contributed by atoms with Gasteiger partial charge in [0.15, 0.2) is 16.6 Å². The zero-order valence-electron chi connectivity index (χ0n) is 17.6. The largest absolute Gasteiger partial charge is 0.478 e. The maximum Gasteiger partial charge on any atom is 0.331 e. The Labute approximate surface area is 162 Å². The number of aliphatic hydroxyl groups excluding tert-OH is 1. The molecule has 0 saturated heterocycles. The quantitative estimate of drug-likeness (QED) is 0.419. The summed E-state index contributed by atoms with van der Waals surface area (Å²) in [5.41, 5.74) is 0.396. The highest BCUT2D eigenvalue weighted by atomic mass is 28.5. The summed E-state index contributed by atoms with van der Waals surface area (Å²) in [5, 5.41) is 19.8. The van der Waals surface area contributed by atoms with Crippen molar-refractivity contribution in [1.82, 2.24) is 0 Å². The van der Waals surface area contributed by atoms with Crippen LogP contribution < -0.4 is 0 Å². The fourth-order valence-electron chi connectivity index (χ4n) is 3.63. The molecule has 2 unspecified atom stereocenters. The highest BCUT2D eigenvalue weighted by molar-refractivity contribution is 6.87. The molecule has 1 aliphatic carbocycles. The molecule has 0 radical (unpaired) electrons. The molecular formula is C18H38O5Si3. The van der Waals surface area contributed by atoms with Crippen LogP contribution in [-0.4, -0.2) is 47.5 Å². The molecule has 152 valence electrons. The van der Waals surface area contributed by atoms with Crippen LogP contribution in [0, 0.1) is 5.92 Å². The van der Waals surface area contributed by atoms with E-state index in [1.807, 2.05) is 0 Å². The van der Waals surface area contributed by atoms with Gasteiger partial charge in [0, 0.05) is 11.5 Å². The molecule has 0 bridgehead atoms. The van der Waals surface area contributed by atoms with Gasteiger partial charge in [-0.15, -0.1) is 0 Å². The molecule has 0 heterocycles. The van der Waals surface area contributed by atoms with Gasteiger partial charge < -0.3 is 18.4 Å². The van der Waals surface area contributed by atoms with E-state index in [9.17, 15) is 15.0 Å². The number of hydrogen-bond donors (Lipinski definition) is 2. The lowest BCUT2D eigenvalue weighted by Crippen LogP contribution is -2.52. The van der Waals surface area contributed by atoms with Gasteiger partial charge in [-0.25, -0.2) is 4.79 Å². The summed E-state index contributed by atoms with van der Waals surface area (Å²) in [4.78, 5) is 11.8. The van der Waals surface area contributed by atoms with Crippen molar-refractivity contribution < 1.29 is 23.2 Å². The number of rotatable bonds is 9. The molecular weight excluding hydrogens is 380 g/mol. The first-order chi connectivity index (χ1) is 11.7. The van der Waals surface area contributed by atoms with Gasteiger partial charge >= 0.3 is 14.5 Å². The molecule has 8 heteroatoms. The highest BCUT2D eigenvalue weighted by Crippen LogP contribution is 2.30. The first-order valence-corrected chi connectivity index (χ1v) is 19.1. The summed E-state index contributed by atoms with van der Waals surface area (Å²) >= 11 is 0. The first-order valence-electron chi connectivity index (χ1n) is 9.73. The second kappa shape index (κ2) is 9.29. The van der Waals surface area contributed by atoms with Crippen molar-refractivity contribution >= 4 is 31.2 Å². The molecule has 0 aromatic heterocycles. The van der Waals surface area contributed by atoms with Crippen molar-refractivity contribution in [2.24, 2.45) is 5.92 Å². The van der Waals surface area contributed by atoms with E-state index < -0.39 is 37.3 Å². The molecule has 5 nitrogen and oxygen atoms in total. The van der Waals surface area contributed by atoms with E-state index in [4.69, 9.17) is 8.23 Å². The molecule has 2 atom stereocenters. The molecule has 0 aliphatic heterocycles. The summed E-state index contributed by atoms with van der Waals surface area (Å²) in [6.07, 6.45) is 5.52. The van der Waals surface area contributed by atoms with Crippen LogP contribution in [-0.2, 0) is 13.0 Å². The van der Waals surface area contributed by atoms with E-state index in [0.29, 0.717) is 18.0 Å². The van der Waals surface area contributed by atoms with Crippen molar-refractivity contribution in [3.63, 3.8) is 0 Å². The van der Waals surface area contributed by atoms with Gasteiger partial charge in [-0.3, -0.25) is 0 Å². The van der Waals surface area contributed by atoms with Gasteiger partial charge in [-0.05, 0) is 71.1 Å². The summed E-state index contributed by atoms with van der Waals surface area (Å²) < 4.78 is 12.9. The average molecular weight is 419 g/mol. The van der Waals surface area contributed by atoms with Gasteiger partial charge in [0.2, 0.25) is 0 Å². The van der Waals surface area contributed by atoms with Crippen LogP contribution in [0.2, 0.25) is 51.9 Å². The Morgan fingerprint density at radius 1 is 1.00 bits per heavy atom. The second-order valence-electron chi connectivity index (χ2n) is 9.58. The van der Waals surface area contributed by atoms with Crippen LogP contribution in [0.3, 0.4) is 0 Å². The highest BCUT2D eigenvalue weighted by Gasteiger charge is 2.40. The smallest absolute Gasteiger partial charge is 0.331 e. The summed E-state index contributed by atoms with van der Waals surface area (Å²) in [6, 6.07) is 0.641. The van der Waals surface area contributed by atoms with Gasteiger partial charge in [0.1, 0.15) is 0 Å². The second-order valence-corrected chi connectivity index (χ2v) is 22.4. The Morgan fingerprint density at radius 3 is 1.92 bits per heavy atom. The minimum Gasteiger partial charge on any atom is -0.478 e. The number of hydrogen-bond acceptors (Lipinski definition) is 4. The summed E-state index contributed by atoms with van der Waals surface area (Å²) in [5.74, 6) is -0.932. The van der Waals surface area contributed by atoms with Crippen molar-refractivity contribution in [3.05, 3.63) is 11.6 Å². The Kier molecular flexibility index (Phi) is 8.50. The lowest BCUT2D eigenvalue weighted by molar-refractivity contribution is -0.132. The van der Waals surface area contributed by atoms with Crippen LogP contribution in [0.15, 0.2) is 11.6 Å². The number of carboxylic acids is 1. The molecule has 0 spiro atoms. The number of carboxylic acid groups (broad SMARTS) is 1. The van der Waals surface area contributed by atoms with E-state index >= 15 is 0 Å². The minimum atomic E-state index is -2.45. The Balaban J connectivity index is 2.92. The molecule has 1 rings (SSSR count). The molecule has 1 aliphatic rings. The zero-order chi connectivity index (χ0) is 20.2. The van der Waals surface area contributed by atoms with E-state index in [0.717, 1.165) is 25.7 Å². The normalized spacial score (nSPS) is 23.2. The third-order valence-corrected chi connectivity index (χ3v) is 13.9. The van der Waals surface area contributed by atoms with Crippen LogP contribution in [0.5, 0.6) is 0 Å². The lowest BCUT2D eigenvalue weighted by Gasteiger charge is -2.38. The van der Waals surface area contributed by atoms with Crippen molar-refractivity contribution in [2.45, 2.75) is 90.1 Å². The molecule has 1 fully saturated rings. The van der Waals surface area contributed by atoms with Crippen molar-refractivity contribution in [1.29, 1.82) is 0 Å². The van der Waals surface area contributed by atoms with Crippen molar-refractivity contribution in [2.75, 3.05) is 0 Å². The summed E-state index contributed by atoms with van der Waals surface area (Å²) in [6.45, 7) is 15.0.